The Hall–Kier alpha value is -1.19. The summed E-state index contributed by atoms with van der Waals surface area (Å²) in [6.45, 7) is 14.8. The van der Waals surface area contributed by atoms with Gasteiger partial charge >= 0.3 is 0 Å². The maximum absolute atomic E-state index is 13.5. The normalized spacial score (nSPS) is 45.7. The van der Waals surface area contributed by atoms with Crippen LogP contribution in [0.3, 0.4) is 0 Å². The van der Waals surface area contributed by atoms with Crippen molar-refractivity contribution in [3.8, 4) is 0 Å². The van der Waals surface area contributed by atoms with Crippen LogP contribution in [0, 0.1) is 52.3 Å². The number of fused-ring (bicyclic) bond motifs is 5. The molecule has 18 atom stereocenters. The highest BCUT2D eigenvalue weighted by molar-refractivity contribution is 5.77. The maximum Gasteiger partial charge on any atom is 0.246 e. The highest BCUT2D eigenvalue weighted by Gasteiger charge is 2.59. The van der Waals surface area contributed by atoms with Crippen LogP contribution in [-0.4, -0.2) is 119 Å². The average molecular weight is 794 g/mol. The van der Waals surface area contributed by atoms with Gasteiger partial charge in [-0.05, 0) is 105 Å². The fraction of sp³-hybridized carbons (Fsp3) is 0.932. The van der Waals surface area contributed by atoms with Gasteiger partial charge in [0, 0.05) is 12.5 Å². The van der Waals surface area contributed by atoms with Crippen LogP contribution in [-0.2, 0) is 28.5 Å². The molecule has 6 aliphatic rings. The molecule has 0 aromatic rings. The molecule has 6 rings (SSSR count). The lowest BCUT2D eigenvalue weighted by Gasteiger charge is -2.58. The van der Waals surface area contributed by atoms with Crippen LogP contribution in [0.15, 0.2) is 11.6 Å². The lowest BCUT2D eigenvalue weighted by atomic mass is 9.47. The number of rotatable bonds is 15. The second kappa shape index (κ2) is 18.6. The van der Waals surface area contributed by atoms with Crippen molar-refractivity contribution in [2.75, 3.05) is 26.4 Å². The number of hydrogen-bond donors (Lipinski definition) is 6. The molecule has 322 valence electrons. The van der Waals surface area contributed by atoms with E-state index in [-0.39, 0.29) is 18.1 Å². The van der Waals surface area contributed by atoms with Crippen molar-refractivity contribution in [1.29, 1.82) is 0 Å². The summed E-state index contributed by atoms with van der Waals surface area (Å²) < 4.78 is 29.9. The van der Waals surface area contributed by atoms with E-state index in [1.54, 1.807) is 13.8 Å². The highest BCUT2D eigenvalue weighted by Crippen LogP contribution is 2.67. The summed E-state index contributed by atoms with van der Waals surface area (Å²) in [5.41, 5.74) is 2.08. The minimum atomic E-state index is -1.54. The van der Waals surface area contributed by atoms with E-state index in [4.69, 9.17) is 23.7 Å². The van der Waals surface area contributed by atoms with Gasteiger partial charge < -0.3 is 54.5 Å². The van der Waals surface area contributed by atoms with Gasteiger partial charge in [-0.2, -0.15) is 0 Å². The number of allylic oxidation sites excluding steroid dienone is 1. The number of carbonyl (C=O) groups excluding carboxylic acids is 1. The van der Waals surface area contributed by atoms with Crippen LogP contribution in [0.5, 0.6) is 0 Å². The van der Waals surface area contributed by atoms with Gasteiger partial charge in [0.25, 0.3) is 0 Å². The maximum atomic E-state index is 13.5. The molecule has 0 spiro atoms. The summed E-state index contributed by atoms with van der Waals surface area (Å²) in [5, 5.41) is 55.1. The van der Waals surface area contributed by atoms with Crippen LogP contribution in [0.25, 0.3) is 0 Å². The third kappa shape index (κ3) is 8.82. The van der Waals surface area contributed by atoms with E-state index >= 15 is 0 Å². The van der Waals surface area contributed by atoms with Crippen LogP contribution < -0.4 is 5.32 Å². The molecule has 0 bridgehead atoms. The highest BCUT2D eigenvalue weighted by atomic mass is 16.7. The molecule has 12 heteroatoms. The summed E-state index contributed by atoms with van der Waals surface area (Å²) in [5.74, 6) is 3.59. The molecular weight excluding hydrogens is 718 g/mol. The Bertz CT molecular complexity index is 1330. The molecule has 5 fully saturated rings. The predicted molar refractivity (Wildman–Crippen MR) is 210 cm³/mol. The molecule has 0 radical (unpaired) electrons. The number of hydrogen-bond acceptors (Lipinski definition) is 11. The minimum absolute atomic E-state index is 0.110. The van der Waals surface area contributed by atoms with E-state index in [0.29, 0.717) is 17.9 Å². The van der Waals surface area contributed by atoms with Crippen molar-refractivity contribution in [3.63, 3.8) is 0 Å². The zero-order valence-electron chi connectivity index (χ0n) is 35.2. The topological polar surface area (TPSA) is 176 Å². The lowest BCUT2D eigenvalue weighted by molar-refractivity contribution is -0.337. The molecular formula is C44H75NO11. The second-order valence-corrected chi connectivity index (χ2v) is 19.4. The molecule has 2 aliphatic heterocycles. The monoisotopic (exact) mass is 794 g/mol. The fourth-order valence-electron chi connectivity index (χ4n) is 12.5. The van der Waals surface area contributed by atoms with Crippen LogP contribution in [0.4, 0.5) is 0 Å². The summed E-state index contributed by atoms with van der Waals surface area (Å²) in [6.07, 6.45) is 6.20. The van der Waals surface area contributed by atoms with Gasteiger partial charge in [-0.3, -0.25) is 4.79 Å². The minimum Gasteiger partial charge on any atom is -0.394 e. The Morgan fingerprint density at radius 2 is 1.68 bits per heavy atom. The first-order valence-corrected chi connectivity index (χ1v) is 22.1. The van der Waals surface area contributed by atoms with E-state index < -0.39 is 80.3 Å². The van der Waals surface area contributed by atoms with E-state index in [1.807, 2.05) is 0 Å². The first-order chi connectivity index (χ1) is 26.7. The van der Waals surface area contributed by atoms with Crippen molar-refractivity contribution < 1.29 is 54.0 Å². The molecule has 3 saturated carbocycles. The van der Waals surface area contributed by atoms with Gasteiger partial charge in [0.2, 0.25) is 5.91 Å². The van der Waals surface area contributed by atoms with Crippen LogP contribution in [0.1, 0.15) is 119 Å². The standard InChI is InChI=1S/C44H75NO11/c1-8-52-39-26(5)41(51)54-34(22-47)40(39)56-42-36(38(50)37(49)33(21-46)55-42)45-35(48)23-53-28-16-18-43(6)27(20-28)12-13-29-31-15-14-30(25(4)11-9-10-24(2)3)44(31,7)19-17-32(29)43/h12,24-26,28-34,36-42,46-47,49-51H,8-11,13-23H2,1-7H3,(H,45,48)/t25-,26?,28-,29?,30-,31?,32?,33?,34?,36?,37+,38-,39-,40+,41?,42+,43+,44-/m1/s1. The van der Waals surface area contributed by atoms with Gasteiger partial charge in [0.15, 0.2) is 12.6 Å². The van der Waals surface area contributed by atoms with Gasteiger partial charge in [0.1, 0.15) is 43.2 Å². The number of nitrogens with one attached hydrogen (secondary N) is 1. The third-order valence-electron chi connectivity index (χ3n) is 15.7. The van der Waals surface area contributed by atoms with Gasteiger partial charge in [-0.1, -0.05) is 72.5 Å². The number of ether oxygens (including phenoxy) is 5. The number of carbonyl (C=O) groups is 1. The smallest absolute Gasteiger partial charge is 0.246 e. The molecule has 56 heavy (non-hydrogen) atoms. The molecule has 12 nitrogen and oxygen atoms in total. The molecule has 1 amide bonds. The average Bonchev–Trinajstić information content (AvgIpc) is 3.53. The molecule has 0 aromatic carbocycles. The Balaban J connectivity index is 1.07. The molecule has 6 N–H and O–H groups in total. The van der Waals surface area contributed by atoms with Gasteiger partial charge in [-0.15, -0.1) is 0 Å². The van der Waals surface area contributed by atoms with Crippen molar-refractivity contribution >= 4 is 5.91 Å². The zero-order chi connectivity index (χ0) is 40.5. The Morgan fingerprint density at radius 3 is 2.38 bits per heavy atom. The fourth-order valence-corrected chi connectivity index (χ4v) is 12.5. The summed E-state index contributed by atoms with van der Waals surface area (Å²) in [4.78, 5) is 13.5. The first-order valence-electron chi connectivity index (χ1n) is 22.1. The molecule has 8 unspecified atom stereocenters. The van der Waals surface area contributed by atoms with E-state index in [9.17, 15) is 30.3 Å². The second-order valence-electron chi connectivity index (χ2n) is 19.4. The predicted octanol–water partition coefficient (Wildman–Crippen LogP) is 4.47. The van der Waals surface area contributed by atoms with Crippen molar-refractivity contribution in [1.82, 2.24) is 5.32 Å². The number of aliphatic hydroxyl groups excluding tert-OH is 5. The SMILES string of the molecule is CCO[C@@H]1C(C)C(O)OC(CO)[C@@H]1O[C@@H]1OC(CO)[C@H](O)[C@H](O)C1NC(=O)CO[C@@H]1CC[C@@]2(C)C(=CCC3C2CC[C@@]2(C)C3CC[C@@H]2[C@H](C)CCCC(C)C)C1. The molecule has 0 aromatic heterocycles. The van der Waals surface area contributed by atoms with E-state index in [2.05, 4.69) is 46.0 Å². The van der Waals surface area contributed by atoms with Crippen molar-refractivity contribution in [2.24, 2.45) is 52.3 Å². The summed E-state index contributed by atoms with van der Waals surface area (Å²) >= 11 is 0. The Kier molecular flexibility index (Phi) is 14.7. The van der Waals surface area contributed by atoms with Gasteiger partial charge in [-0.25, -0.2) is 0 Å². The first kappa shape index (κ1) is 44.4. The molecule has 2 heterocycles. The molecule has 2 saturated heterocycles. The van der Waals surface area contributed by atoms with E-state index in [0.717, 1.165) is 55.3 Å². The zero-order valence-corrected chi connectivity index (χ0v) is 35.2. The van der Waals surface area contributed by atoms with Crippen LogP contribution >= 0.6 is 0 Å². The summed E-state index contributed by atoms with van der Waals surface area (Å²) in [6, 6.07) is -1.24. The lowest BCUT2D eigenvalue weighted by Crippen LogP contribution is -2.67. The molecule has 4 aliphatic carbocycles. The van der Waals surface area contributed by atoms with Crippen molar-refractivity contribution in [3.05, 3.63) is 11.6 Å². The number of aliphatic hydroxyl groups is 5. The van der Waals surface area contributed by atoms with E-state index in [1.165, 1.54) is 50.5 Å². The summed E-state index contributed by atoms with van der Waals surface area (Å²) in [7, 11) is 0. The Labute approximate surface area is 335 Å². The quantitative estimate of drug-likeness (QED) is 0.129. The van der Waals surface area contributed by atoms with Crippen LogP contribution in [0.2, 0.25) is 0 Å². The largest absolute Gasteiger partial charge is 0.394 e. The Morgan fingerprint density at radius 1 is 0.929 bits per heavy atom. The van der Waals surface area contributed by atoms with Gasteiger partial charge in [0.05, 0.1) is 25.4 Å². The van der Waals surface area contributed by atoms with Crippen molar-refractivity contribution in [2.45, 2.75) is 180 Å². The third-order valence-corrected chi connectivity index (χ3v) is 15.7. The number of amides is 1.